The summed E-state index contributed by atoms with van der Waals surface area (Å²) in [6, 6.07) is 0. The molecule has 0 aromatic heterocycles. The van der Waals surface area contributed by atoms with Crippen LogP contribution in [0.5, 0.6) is 0 Å². The molecule has 0 aliphatic heterocycles. The number of allylic oxidation sites excluding steroid dienone is 9. The number of hydrogen-bond acceptors (Lipinski definition) is 8. The molecule has 52 heavy (non-hydrogen) atoms. The second-order valence-electron chi connectivity index (χ2n) is 13.2. The van der Waals surface area contributed by atoms with Crippen LogP contribution in [0.2, 0.25) is 0 Å². The summed E-state index contributed by atoms with van der Waals surface area (Å²) >= 11 is 0. The van der Waals surface area contributed by atoms with Gasteiger partial charge in [0.25, 0.3) is 0 Å². The van der Waals surface area contributed by atoms with Gasteiger partial charge in [-0.25, -0.2) is 4.57 Å². The van der Waals surface area contributed by atoms with Gasteiger partial charge in [0.05, 0.1) is 18.8 Å². The highest BCUT2D eigenvalue weighted by molar-refractivity contribution is 7.46. The summed E-state index contributed by atoms with van der Waals surface area (Å²) in [5, 5.41) is 20.3. The van der Waals surface area contributed by atoms with E-state index in [9.17, 15) is 24.4 Å². The van der Waals surface area contributed by atoms with Crippen molar-refractivity contribution in [1.82, 2.24) is 0 Å². The number of aliphatic hydroxyl groups is 2. The maximum Gasteiger partial charge on any atom is 0.469 e. The summed E-state index contributed by atoms with van der Waals surface area (Å²) in [7, 11) is -4.80. The lowest BCUT2D eigenvalue weighted by Gasteiger charge is -2.18. The van der Waals surface area contributed by atoms with Crippen molar-refractivity contribution in [1.29, 1.82) is 0 Å². The molecule has 0 aliphatic rings. The van der Waals surface area contributed by atoms with Crippen molar-refractivity contribution in [3.05, 3.63) is 60.8 Å². The van der Waals surface area contributed by atoms with Crippen LogP contribution in [0.1, 0.15) is 155 Å². The molecule has 300 valence electrons. The topological polar surface area (TPSA) is 160 Å². The van der Waals surface area contributed by atoms with E-state index >= 15 is 0 Å². The molecular weight excluding hydrogens is 683 g/mol. The molecule has 0 heterocycles. The van der Waals surface area contributed by atoms with Gasteiger partial charge in [-0.15, -0.1) is 0 Å². The zero-order valence-electron chi connectivity index (χ0n) is 32.2. The average molecular weight is 755 g/mol. The first-order chi connectivity index (χ1) is 25.1. The Morgan fingerprint density at radius 3 is 1.73 bits per heavy atom. The van der Waals surface area contributed by atoms with Gasteiger partial charge in [0, 0.05) is 12.8 Å². The quantitative estimate of drug-likeness (QED) is 0.0212. The van der Waals surface area contributed by atoms with Crippen LogP contribution in [0.25, 0.3) is 0 Å². The van der Waals surface area contributed by atoms with E-state index in [4.69, 9.17) is 19.3 Å². The normalized spacial score (nSPS) is 14.3. The predicted octanol–water partition coefficient (Wildman–Crippen LogP) is 9.68. The van der Waals surface area contributed by atoms with Crippen molar-refractivity contribution >= 4 is 19.8 Å². The maximum absolute atomic E-state index is 12.4. The number of hydrogen-bond donors (Lipinski definition) is 4. The maximum atomic E-state index is 12.4. The van der Waals surface area contributed by atoms with Crippen LogP contribution in [0.3, 0.4) is 0 Å². The molecule has 10 nitrogen and oxygen atoms in total. The van der Waals surface area contributed by atoms with E-state index in [-0.39, 0.29) is 19.4 Å². The van der Waals surface area contributed by atoms with E-state index in [0.29, 0.717) is 25.7 Å². The Balaban J connectivity index is 4.13. The molecule has 3 atom stereocenters. The van der Waals surface area contributed by atoms with Crippen LogP contribution in [0, 0.1) is 0 Å². The minimum atomic E-state index is -4.80. The summed E-state index contributed by atoms with van der Waals surface area (Å²) in [6.07, 6.45) is 36.8. The highest BCUT2D eigenvalue weighted by atomic mass is 31.2. The van der Waals surface area contributed by atoms with Gasteiger partial charge in [0.1, 0.15) is 6.61 Å². The minimum absolute atomic E-state index is 0.149. The molecule has 0 amide bonds. The average Bonchev–Trinajstić information content (AvgIpc) is 3.11. The Labute approximate surface area is 314 Å². The molecule has 0 rings (SSSR count). The number of carbonyl (C=O) groups excluding carboxylic acids is 2. The number of unbranched alkanes of at least 4 members (excludes halogenated alkanes) is 11. The third-order valence-corrected chi connectivity index (χ3v) is 8.71. The van der Waals surface area contributed by atoms with Gasteiger partial charge in [-0.2, -0.15) is 0 Å². The fourth-order valence-electron chi connectivity index (χ4n) is 5.15. The molecule has 0 bridgehead atoms. The Hall–Kier alpha value is -2.33. The number of rotatable bonds is 35. The Kier molecular flexibility index (Phi) is 34.1. The van der Waals surface area contributed by atoms with Gasteiger partial charge in [0.15, 0.2) is 6.10 Å². The van der Waals surface area contributed by atoms with E-state index < -0.39 is 44.7 Å². The van der Waals surface area contributed by atoms with Crippen molar-refractivity contribution in [3.8, 4) is 0 Å². The second kappa shape index (κ2) is 35.7. The van der Waals surface area contributed by atoms with E-state index in [1.54, 1.807) is 0 Å². The van der Waals surface area contributed by atoms with Gasteiger partial charge in [-0.05, 0) is 77.0 Å². The lowest BCUT2D eigenvalue weighted by molar-refractivity contribution is -0.161. The van der Waals surface area contributed by atoms with Crippen molar-refractivity contribution in [2.75, 3.05) is 13.2 Å². The molecular formula is C41H71O10P. The molecule has 0 fully saturated rings. The molecule has 0 saturated carbocycles. The van der Waals surface area contributed by atoms with E-state index in [2.05, 4.69) is 73.1 Å². The molecule has 0 unspecified atom stereocenters. The van der Waals surface area contributed by atoms with Gasteiger partial charge < -0.3 is 29.5 Å². The second-order valence-corrected chi connectivity index (χ2v) is 14.4. The van der Waals surface area contributed by atoms with E-state index in [1.165, 1.54) is 12.8 Å². The highest BCUT2D eigenvalue weighted by Gasteiger charge is 2.23. The monoisotopic (exact) mass is 754 g/mol. The summed E-state index contributed by atoms with van der Waals surface area (Å²) in [4.78, 5) is 42.8. The smallest absolute Gasteiger partial charge is 0.462 e. The third kappa shape index (κ3) is 36.0. The molecule has 0 aliphatic carbocycles. The first-order valence-electron chi connectivity index (χ1n) is 19.7. The molecule has 0 aromatic rings. The van der Waals surface area contributed by atoms with Crippen LogP contribution in [-0.4, -0.2) is 63.5 Å². The van der Waals surface area contributed by atoms with Crippen molar-refractivity contribution in [2.45, 2.75) is 173 Å². The van der Waals surface area contributed by atoms with Gasteiger partial charge in [-0.1, -0.05) is 126 Å². The summed E-state index contributed by atoms with van der Waals surface area (Å²) < 4.78 is 26.2. The lowest BCUT2D eigenvalue weighted by Crippen LogP contribution is -2.29. The largest absolute Gasteiger partial charge is 0.469 e. The SMILES string of the molecule is CC/C=C\C/C=C\C/C=C\C/C=C\CCCCCCC(=O)O[C@H](COC(=O)CCCCCCC[C@@H](O)[C@H](O)C/C=C\CCCCC)COP(=O)(O)O. The Bertz CT molecular complexity index is 1060. The number of phosphoric acid groups is 1. The van der Waals surface area contributed by atoms with Crippen molar-refractivity contribution in [3.63, 3.8) is 0 Å². The summed E-state index contributed by atoms with van der Waals surface area (Å²) in [5.74, 6) is -1.03. The number of phosphoric ester groups is 1. The highest BCUT2D eigenvalue weighted by Crippen LogP contribution is 2.36. The number of carbonyl (C=O) groups is 2. The number of ether oxygens (including phenoxy) is 2. The molecule has 0 radical (unpaired) electrons. The predicted molar refractivity (Wildman–Crippen MR) is 209 cm³/mol. The Morgan fingerprint density at radius 1 is 0.596 bits per heavy atom. The molecule has 0 spiro atoms. The van der Waals surface area contributed by atoms with E-state index in [1.807, 2.05) is 6.08 Å². The van der Waals surface area contributed by atoms with Crippen LogP contribution >= 0.6 is 7.82 Å². The molecule has 0 aromatic carbocycles. The third-order valence-electron chi connectivity index (χ3n) is 8.22. The summed E-state index contributed by atoms with van der Waals surface area (Å²) in [6.45, 7) is 3.35. The fourth-order valence-corrected chi connectivity index (χ4v) is 5.51. The zero-order valence-corrected chi connectivity index (χ0v) is 33.1. The first kappa shape index (κ1) is 49.7. The van der Waals surface area contributed by atoms with Crippen LogP contribution < -0.4 is 0 Å². The van der Waals surface area contributed by atoms with Crippen LogP contribution in [0.4, 0.5) is 0 Å². The summed E-state index contributed by atoms with van der Waals surface area (Å²) in [5.41, 5.74) is 0. The Morgan fingerprint density at radius 2 is 1.12 bits per heavy atom. The number of esters is 2. The van der Waals surface area contributed by atoms with Gasteiger partial charge in [0.2, 0.25) is 0 Å². The van der Waals surface area contributed by atoms with Crippen molar-refractivity contribution in [2.24, 2.45) is 0 Å². The van der Waals surface area contributed by atoms with Crippen LogP contribution in [-0.2, 0) is 28.2 Å². The number of aliphatic hydroxyl groups excluding tert-OH is 2. The lowest BCUT2D eigenvalue weighted by atomic mass is 10.0. The zero-order chi connectivity index (χ0) is 38.5. The molecule has 11 heteroatoms. The minimum Gasteiger partial charge on any atom is -0.462 e. The van der Waals surface area contributed by atoms with Gasteiger partial charge in [-0.3, -0.25) is 14.1 Å². The molecule has 4 N–H and O–H groups in total. The first-order valence-corrected chi connectivity index (χ1v) is 21.3. The van der Waals surface area contributed by atoms with Gasteiger partial charge >= 0.3 is 19.8 Å². The van der Waals surface area contributed by atoms with Crippen molar-refractivity contribution < 1.29 is 48.2 Å². The fraction of sp³-hybridized carbons (Fsp3) is 0.707. The van der Waals surface area contributed by atoms with Crippen LogP contribution in [0.15, 0.2) is 60.8 Å². The van der Waals surface area contributed by atoms with E-state index in [0.717, 1.165) is 89.9 Å². The molecule has 0 saturated heterocycles. The standard InChI is InChI=1S/C41H71O10P/c1-3-5-7-9-11-12-13-14-15-16-17-18-19-20-21-25-30-34-41(45)51-37(36-50-52(46,47)48)35-49-40(44)33-29-26-22-24-28-32-39(43)38(42)31-27-23-10-8-6-4-2/h5,7,11-12,14-15,17-18,23,27,37-39,42-43H,3-4,6,8-10,13,16,19-22,24-26,28-36H2,1-2H3,(H2,46,47,48)/b7-5-,12-11-,15-14-,18-17-,27-23-/t37-,38-,39-/m1/s1.